The number of aromatic nitrogens is 1. The summed E-state index contributed by atoms with van der Waals surface area (Å²) >= 11 is 2.97. The fraction of sp³-hybridized carbons (Fsp3) is 0.500. The Balaban J connectivity index is 1.40. The molecule has 0 spiro atoms. The number of ether oxygens (including phenoxy) is 1. The molecule has 1 aromatic heterocycles. The predicted molar refractivity (Wildman–Crippen MR) is 149 cm³/mol. The highest BCUT2D eigenvalue weighted by Crippen LogP contribution is 2.34. The summed E-state index contributed by atoms with van der Waals surface area (Å²) in [7, 11) is 0. The number of carboxylic acid groups (broad SMARTS) is 1. The number of thioether (sulfide) groups is 1. The maximum absolute atomic E-state index is 11.9. The van der Waals surface area contributed by atoms with Crippen molar-refractivity contribution < 1.29 is 14.6 Å². The highest BCUT2D eigenvalue weighted by Gasteiger charge is 2.20. The normalized spacial score (nSPS) is 12.0. The maximum atomic E-state index is 11.9. The van der Waals surface area contributed by atoms with E-state index in [9.17, 15) is 9.90 Å². The molecule has 190 valence electrons. The number of nitrogens with zero attached hydrogens (tertiary/aromatic N) is 1. The number of fused-ring (bicyclic) bond motifs is 1. The first-order valence-electron chi connectivity index (χ1n) is 12.9. The maximum Gasteiger partial charge on any atom is 0.316 e. The van der Waals surface area contributed by atoms with Crippen LogP contribution in [-0.4, -0.2) is 28.0 Å². The van der Waals surface area contributed by atoms with Crippen LogP contribution in [0.25, 0.3) is 10.2 Å². The first kappa shape index (κ1) is 27.3. The van der Waals surface area contributed by atoms with Crippen molar-refractivity contribution in [2.45, 2.75) is 87.7 Å². The molecule has 3 aromatic rings. The molecule has 0 aliphatic rings. The number of benzene rings is 2. The van der Waals surface area contributed by atoms with E-state index in [0.717, 1.165) is 33.1 Å². The second kappa shape index (κ2) is 15.7. The number of nitrogens with one attached hydrogen (secondary N) is 1. The van der Waals surface area contributed by atoms with Gasteiger partial charge in [0, 0.05) is 0 Å². The molecule has 0 radical (unpaired) electrons. The van der Waals surface area contributed by atoms with Gasteiger partial charge in [0.2, 0.25) is 0 Å². The van der Waals surface area contributed by atoms with Gasteiger partial charge >= 0.3 is 5.97 Å². The molecular weight excluding hydrogens is 476 g/mol. The Hall–Kier alpha value is -2.25. The number of carboxylic acids is 1. The van der Waals surface area contributed by atoms with Crippen molar-refractivity contribution in [2.24, 2.45) is 0 Å². The van der Waals surface area contributed by atoms with Crippen molar-refractivity contribution in [3.63, 3.8) is 0 Å². The van der Waals surface area contributed by atoms with Crippen LogP contribution in [0.2, 0.25) is 0 Å². The van der Waals surface area contributed by atoms with Crippen LogP contribution in [0.15, 0.2) is 53.4 Å². The van der Waals surface area contributed by atoms with Gasteiger partial charge in [0.15, 0.2) is 11.9 Å². The first-order valence-corrected chi connectivity index (χ1v) is 14.6. The summed E-state index contributed by atoms with van der Waals surface area (Å²) in [5, 5.41) is 13.3. The molecular formula is C28H38N2O3S2. The van der Waals surface area contributed by atoms with E-state index in [-0.39, 0.29) is 6.73 Å². The van der Waals surface area contributed by atoms with E-state index >= 15 is 0 Å². The SMILES string of the molecule is CCCCCCCCCCCCC(Sc1ccccc1OCNc1nc2ccccc2s1)C(=O)O. The van der Waals surface area contributed by atoms with Crippen molar-refractivity contribution >= 4 is 44.4 Å². The zero-order valence-corrected chi connectivity index (χ0v) is 22.3. The number of unbranched alkanes of at least 4 members (excludes halogenated alkanes) is 9. The molecule has 0 aliphatic carbocycles. The quantitative estimate of drug-likeness (QED) is 0.101. The number of hydrogen-bond acceptors (Lipinski definition) is 6. The molecule has 0 saturated carbocycles. The number of thiazole rings is 1. The fourth-order valence-electron chi connectivity index (χ4n) is 3.99. The molecule has 2 N–H and O–H groups in total. The van der Waals surface area contributed by atoms with E-state index in [4.69, 9.17) is 4.74 Å². The van der Waals surface area contributed by atoms with E-state index in [2.05, 4.69) is 17.2 Å². The zero-order chi connectivity index (χ0) is 24.7. The summed E-state index contributed by atoms with van der Waals surface area (Å²) in [6.45, 7) is 2.52. The molecule has 2 aromatic carbocycles. The van der Waals surface area contributed by atoms with Gasteiger partial charge in [-0.2, -0.15) is 0 Å². The van der Waals surface area contributed by atoms with Gasteiger partial charge < -0.3 is 15.2 Å². The topological polar surface area (TPSA) is 71.5 Å². The van der Waals surface area contributed by atoms with Crippen molar-refractivity contribution in [3.8, 4) is 5.75 Å². The van der Waals surface area contributed by atoms with E-state index in [0.29, 0.717) is 12.2 Å². The van der Waals surface area contributed by atoms with Crippen molar-refractivity contribution in [2.75, 3.05) is 12.0 Å². The van der Waals surface area contributed by atoms with Crippen LogP contribution in [0, 0.1) is 0 Å². The van der Waals surface area contributed by atoms with Crippen LogP contribution in [0.1, 0.15) is 77.6 Å². The van der Waals surface area contributed by atoms with Crippen molar-refractivity contribution in [1.82, 2.24) is 4.98 Å². The monoisotopic (exact) mass is 514 g/mol. The number of anilines is 1. The third-order valence-electron chi connectivity index (χ3n) is 5.96. The van der Waals surface area contributed by atoms with Crippen LogP contribution in [-0.2, 0) is 4.79 Å². The van der Waals surface area contributed by atoms with Gasteiger partial charge in [-0.3, -0.25) is 4.79 Å². The highest BCUT2D eigenvalue weighted by molar-refractivity contribution is 8.00. The third-order valence-corrected chi connectivity index (χ3v) is 8.27. The second-order valence-corrected chi connectivity index (χ2v) is 11.1. The van der Waals surface area contributed by atoms with Gasteiger partial charge in [-0.05, 0) is 30.7 Å². The lowest BCUT2D eigenvalue weighted by Crippen LogP contribution is -2.16. The van der Waals surface area contributed by atoms with Crippen LogP contribution >= 0.6 is 23.1 Å². The van der Waals surface area contributed by atoms with Gasteiger partial charge in [0.25, 0.3) is 0 Å². The Bertz CT molecular complexity index is 991. The van der Waals surface area contributed by atoms with Gasteiger partial charge in [0.05, 0.1) is 15.1 Å². The fourth-order valence-corrected chi connectivity index (χ4v) is 5.93. The molecule has 0 fully saturated rings. The molecule has 3 rings (SSSR count). The number of rotatable bonds is 18. The van der Waals surface area contributed by atoms with Crippen molar-refractivity contribution in [3.05, 3.63) is 48.5 Å². The lowest BCUT2D eigenvalue weighted by atomic mass is 10.1. The molecule has 7 heteroatoms. The molecule has 0 amide bonds. The Morgan fingerprint density at radius 3 is 2.34 bits per heavy atom. The lowest BCUT2D eigenvalue weighted by Gasteiger charge is -2.15. The predicted octanol–water partition coefficient (Wildman–Crippen LogP) is 8.60. The number of aliphatic carboxylic acids is 1. The number of hydrogen-bond donors (Lipinski definition) is 2. The molecule has 1 unspecified atom stereocenters. The summed E-state index contributed by atoms with van der Waals surface area (Å²) in [4.78, 5) is 17.3. The average molecular weight is 515 g/mol. The smallest absolute Gasteiger partial charge is 0.316 e. The lowest BCUT2D eigenvalue weighted by molar-refractivity contribution is -0.136. The zero-order valence-electron chi connectivity index (χ0n) is 20.7. The molecule has 0 saturated heterocycles. The molecule has 1 heterocycles. The van der Waals surface area contributed by atoms with Gasteiger partial charge in [0.1, 0.15) is 11.0 Å². The third kappa shape index (κ3) is 9.73. The second-order valence-electron chi connectivity index (χ2n) is 8.81. The largest absolute Gasteiger partial charge is 0.480 e. The minimum atomic E-state index is -0.756. The number of carbonyl (C=O) groups is 1. The van der Waals surface area contributed by atoms with Gasteiger partial charge in [-0.25, -0.2) is 4.98 Å². The average Bonchev–Trinajstić information content (AvgIpc) is 3.28. The van der Waals surface area contributed by atoms with Crippen LogP contribution in [0.3, 0.4) is 0 Å². The Kier molecular flexibility index (Phi) is 12.3. The minimum Gasteiger partial charge on any atom is -0.480 e. The summed E-state index contributed by atoms with van der Waals surface area (Å²) in [6, 6.07) is 15.7. The van der Waals surface area contributed by atoms with Crippen LogP contribution in [0.5, 0.6) is 5.75 Å². The molecule has 0 bridgehead atoms. The van der Waals surface area contributed by atoms with E-state index in [1.165, 1.54) is 63.1 Å². The standard InChI is InChI=1S/C28H38N2O3S2/c1-2-3-4-5-6-7-8-9-10-11-20-26(27(31)32)34-25-19-15-13-17-23(25)33-21-29-28-30-22-16-12-14-18-24(22)35-28/h12-19,26H,2-11,20-21H2,1H3,(H,29,30)(H,31,32). The number of para-hydroxylation sites is 2. The summed E-state index contributed by atoms with van der Waals surface area (Å²) < 4.78 is 7.09. The molecule has 35 heavy (non-hydrogen) atoms. The van der Waals surface area contributed by atoms with Gasteiger partial charge in [-0.1, -0.05) is 107 Å². The molecule has 5 nitrogen and oxygen atoms in total. The van der Waals surface area contributed by atoms with Gasteiger partial charge in [-0.15, -0.1) is 11.8 Å². The van der Waals surface area contributed by atoms with Crippen molar-refractivity contribution in [1.29, 1.82) is 0 Å². The Morgan fingerprint density at radius 2 is 1.63 bits per heavy atom. The minimum absolute atomic E-state index is 0.271. The van der Waals surface area contributed by atoms with E-state index in [1.54, 1.807) is 11.3 Å². The molecule has 1 atom stereocenters. The Morgan fingerprint density at radius 1 is 0.971 bits per heavy atom. The Labute approximate surface area is 217 Å². The van der Waals surface area contributed by atoms with E-state index in [1.807, 2.05) is 48.5 Å². The van der Waals surface area contributed by atoms with Crippen LogP contribution < -0.4 is 10.1 Å². The summed E-state index contributed by atoms with van der Waals surface area (Å²) in [5.74, 6) is -0.0613. The van der Waals surface area contributed by atoms with Crippen LogP contribution in [0.4, 0.5) is 5.13 Å². The van der Waals surface area contributed by atoms with E-state index < -0.39 is 11.2 Å². The summed E-state index contributed by atoms with van der Waals surface area (Å²) in [6.07, 6.45) is 13.2. The first-order chi connectivity index (χ1) is 17.2. The summed E-state index contributed by atoms with van der Waals surface area (Å²) in [5.41, 5.74) is 0.965. The molecule has 0 aliphatic heterocycles. The highest BCUT2D eigenvalue weighted by atomic mass is 32.2.